The van der Waals surface area contributed by atoms with E-state index in [-0.39, 0.29) is 18.3 Å². The molecule has 1 amide bonds. The van der Waals surface area contributed by atoms with Gasteiger partial charge in [-0.1, -0.05) is 17.7 Å². The highest BCUT2D eigenvalue weighted by atomic mass is 35.5. The highest BCUT2D eigenvalue weighted by molar-refractivity contribution is 6.33. The Bertz CT molecular complexity index is 1000. The van der Waals surface area contributed by atoms with E-state index >= 15 is 0 Å². The molecule has 0 unspecified atom stereocenters. The summed E-state index contributed by atoms with van der Waals surface area (Å²) in [4.78, 5) is 24.4. The summed E-state index contributed by atoms with van der Waals surface area (Å²) in [5.74, 6) is -0.526. The number of nitrogens with one attached hydrogen (secondary N) is 1. The molecular formula is C22H17ClFNO3. The van der Waals surface area contributed by atoms with Crippen LogP contribution in [-0.2, 0) is 4.79 Å². The predicted octanol–water partition coefficient (Wildman–Crippen LogP) is 5.04. The van der Waals surface area contributed by atoms with Gasteiger partial charge in [-0.2, -0.15) is 0 Å². The number of aryl methyl sites for hydroxylation is 1. The van der Waals surface area contributed by atoms with Crippen molar-refractivity contribution in [2.45, 2.75) is 6.92 Å². The third-order valence-electron chi connectivity index (χ3n) is 3.99. The maximum absolute atomic E-state index is 13.0. The van der Waals surface area contributed by atoms with Gasteiger partial charge < -0.3 is 10.1 Å². The molecule has 6 heteroatoms. The van der Waals surface area contributed by atoms with E-state index in [1.54, 1.807) is 36.4 Å². The number of ketones is 1. The maximum atomic E-state index is 13.0. The topological polar surface area (TPSA) is 55.4 Å². The average Bonchev–Trinajstić information content (AvgIpc) is 2.69. The van der Waals surface area contributed by atoms with Crippen LogP contribution in [0.15, 0.2) is 66.7 Å². The molecule has 0 aromatic heterocycles. The largest absolute Gasteiger partial charge is 0.484 e. The van der Waals surface area contributed by atoms with Crippen molar-refractivity contribution in [2.24, 2.45) is 0 Å². The van der Waals surface area contributed by atoms with Crippen molar-refractivity contribution >= 4 is 29.0 Å². The number of carbonyl (C=O) groups is 2. The van der Waals surface area contributed by atoms with E-state index in [9.17, 15) is 14.0 Å². The van der Waals surface area contributed by atoms with Gasteiger partial charge in [-0.25, -0.2) is 4.39 Å². The van der Waals surface area contributed by atoms with E-state index in [4.69, 9.17) is 16.3 Å². The SMILES string of the molecule is Cc1ccc(NC(=O)COc2ccc(C(=O)c3ccc(F)cc3)cc2)c(Cl)c1. The fourth-order valence-electron chi connectivity index (χ4n) is 2.53. The van der Waals surface area contributed by atoms with Crippen molar-refractivity contribution in [3.63, 3.8) is 0 Å². The molecule has 0 aliphatic carbocycles. The molecule has 3 rings (SSSR count). The van der Waals surface area contributed by atoms with Crippen molar-refractivity contribution in [3.8, 4) is 5.75 Å². The number of ether oxygens (including phenoxy) is 1. The molecule has 1 N–H and O–H groups in total. The molecule has 0 spiro atoms. The Morgan fingerprint density at radius 1 is 0.964 bits per heavy atom. The van der Waals surface area contributed by atoms with Crippen molar-refractivity contribution in [1.29, 1.82) is 0 Å². The second-order valence-electron chi connectivity index (χ2n) is 6.18. The van der Waals surface area contributed by atoms with Crippen LogP contribution in [-0.4, -0.2) is 18.3 Å². The molecule has 3 aromatic carbocycles. The summed E-state index contributed by atoms with van der Waals surface area (Å²) in [5, 5.41) is 3.14. The van der Waals surface area contributed by atoms with Crippen LogP contribution in [0.3, 0.4) is 0 Å². The Hall–Kier alpha value is -3.18. The van der Waals surface area contributed by atoms with E-state index in [0.717, 1.165) is 5.56 Å². The van der Waals surface area contributed by atoms with Gasteiger partial charge in [0.15, 0.2) is 12.4 Å². The first-order valence-corrected chi connectivity index (χ1v) is 8.89. The molecule has 0 saturated heterocycles. The minimum atomic E-state index is -0.398. The fourth-order valence-corrected chi connectivity index (χ4v) is 2.81. The number of amides is 1. The van der Waals surface area contributed by atoms with Crippen LogP contribution >= 0.6 is 11.6 Å². The molecule has 0 atom stereocenters. The molecule has 0 fully saturated rings. The van der Waals surface area contributed by atoms with E-state index in [1.807, 2.05) is 13.0 Å². The zero-order valence-corrected chi connectivity index (χ0v) is 15.8. The molecule has 0 aliphatic rings. The highest BCUT2D eigenvalue weighted by Crippen LogP contribution is 2.22. The molecule has 4 nitrogen and oxygen atoms in total. The van der Waals surface area contributed by atoms with Gasteiger partial charge in [-0.3, -0.25) is 9.59 Å². The molecule has 0 aliphatic heterocycles. The van der Waals surface area contributed by atoms with Crippen molar-refractivity contribution in [3.05, 3.63) is 94.3 Å². The third-order valence-corrected chi connectivity index (χ3v) is 4.30. The van der Waals surface area contributed by atoms with E-state index in [1.165, 1.54) is 24.3 Å². The first-order valence-electron chi connectivity index (χ1n) is 8.51. The van der Waals surface area contributed by atoms with Crippen LogP contribution in [0.2, 0.25) is 5.02 Å². The number of halogens is 2. The van der Waals surface area contributed by atoms with Gasteiger partial charge >= 0.3 is 0 Å². The highest BCUT2D eigenvalue weighted by Gasteiger charge is 2.10. The summed E-state index contributed by atoms with van der Waals surface area (Å²) in [6, 6.07) is 17.1. The van der Waals surface area contributed by atoms with Crippen LogP contribution in [0.4, 0.5) is 10.1 Å². The Labute approximate surface area is 166 Å². The van der Waals surface area contributed by atoms with Gasteiger partial charge in [0, 0.05) is 11.1 Å². The van der Waals surface area contributed by atoms with E-state index in [0.29, 0.717) is 27.6 Å². The first-order chi connectivity index (χ1) is 13.4. The lowest BCUT2D eigenvalue weighted by atomic mass is 10.0. The Morgan fingerprint density at radius 2 is 1.57 bits per heavy atom. The van der Waals surface area contributed by atoms with Crippen LogP contribution in [0, 0.1) is 12.7 Å². The second kappa shape index (κ2) is 8.67. The zero-order valence-electron chi connectivity index (χ0n) is 15.0. The molecule has 0 bridgehead atoms. The summed E-state index contributed by atoms with van der Waals surface area (Å²) in [7, 11) is 0. The fraction of sp³-hybridized carbons (Fsp3) is 0.0909. The molecule has 0 heterocycles. The average molecular weight is 398 g/mol. The number of anilines is 1. The van der Waals surface area contributed by atoms with Crippen molar-refractivity contribution in [2.75, 3.05) is 11.9 Å². The van der Waals surface area contributed by atoms with Gasteiger partial charge in [0.1, 0.15) is 11.6 Å². The quantitative estimate of drug-likeness (QED) is 0.593. The molecule has 28 heavy (non-hydrogen) atoms. The van der Waals surface area contributed by atoms with Crippen molar-refractivity contribution in [1.82, 2.24) is 0 Å². The lowest BCUT2D eigenvalue weighted by Gasteiger charge is -2.10. The van der Waals surface area contributed by atoms with Gasteiger partial charge in [0.2, 0.25) is 0 Å². The van der Waals surface area contributed by atoms with E-state index in [2.05, 4.69) is 5.32 Å². The van der Waals surface area contributed by atoms with Gasteiger partial charge in [-0.05, 0) is 73.2 Å². The first kappa shape index (κ1) is 19.6. The summed E-state index contributed by atoms with van der Waals surface area (Å²) in [5.41, 5.74) is 2.34. The summed E-state index contributed by atoms with van der Waals surface area (Å²) in [6.45, 7) is 1.71. The number of hydrogen-bond donors (Lipinski definition) is 1. The standard InChI is InChI=1S/C22H17ClFNO3/c1-14-2-11-20(19(23)12-14)25-21(26)13-28-18-9-5-16(6-10-18)22(27)15-3-7-17(24)8-4-15/h2-12H,13H2,1H3,(H,25,26). The van der Waals surface area contributed by atoms with Crippen LogP contribution < -0.4 is 10.1 Å². The molecular weight excluding hydrogens is 381 g/mol. The van der Waals surface area contributed by atoms with Gasteiger partial charge in [0.05, 0.1) is 10.7 Å². The monoisotopic (exact) mass is 397 g/mol. The van der Waals surface area contributed by atoms with Crippen LogP contribution in [0.5, 0.6) is 5.75 Å². The minimum absolute atomic E-state index is 0.199. The molecule has 0 radical (unpaired) electrons. The number of rotatable bonds is 6. The predicted molar refractivity (Wildman–Crippen MR) is 107 cm³/mol. The van der Waals surface area contributed by atoms with Crippen molar-refractivity contribution < 1.29 is 18.7 Å². The lowest BCUT2D eigenvalue weighted by molar-refractivity contribution is -0.118. The number of benzene rings is 3. The van der Waals surface area contributed by atoms with E-state index < -0.39 is 5.82 Å². The molecule has 142 valence electrons. The smallest absolute Gasteiger partial charge is 0.262 e. The summed E-state index contributed by atoms with van der Waals surface area (Å²) < 4.78 is 18.4. The second-order valence-corrected chi connectivity index (χ2v) is 6.59. The normalized spacial score (nSPS) is 10.4. The summed E-state index contributed by atoms with van der Waals surface area (Å²) in [6.07, 6.45) is 0. The maximum Gasteiger partial charge on any atom is 0.262 e. The van der Waals surface area contributed by atoms with Crippen LogP contribution in [0.25, 0.3) is 0 Å². The Kier molecular flexibility index (Phi) is 6.06. The number of hydrogen-bond acceptors (Lipinski definition) is 3. The molecule has 3 aromatic rings. The minimum Gasteiger partial charge on any atom is -0.484 e. The van der Waals surface area contributed by atoms with Gasteiger partial charge in [0.25, 0.3) is 5.91 Å². The van der Waals surface area contributed by atoms with Gasteiger partial charge in [-0.15, -0.1) is 0 Å². The number of carbonyl (C=O) groups excluding carboxylic acids is 2. The lowest BCUT2D eigenvalue weighted by Crippen LogP contribution is -2.20. The third kappa shape index (κ3) is 4.96. The Balaban J connectivity index is 1.57. The molecule has 0 saturated carbocycles. The Morgan fingerprint density at radius 3 is 2.18 bits per heavy atom. The summed E-state index contributed by atoms with van der Waals surface area (Å²) >= 11 is 6.09. The zero-order chi connectivity index (χ0) is 20.1. The van der Waals surface area contributed by atoms with Crippen LogP contribution in [0.1, 0.15) is 21.5 Å².